The van der Waals surface area contributed by atoms with Crippen LogP contribution in [0.2, 0.25) is 0 Å². The number of amides is 2. The minimum atomic E-state index is -4.85. The van der Waals surface area contributed by atoms with Crippen molar-refractivity contribution in [3.63, 3.8) is 0 Å². The predicted octanol–water partition coefficient (Wildman–Crippen LogP) is 4.86. The van der Waals surface area contributed by atoms with E-state index in [1.165, 1.54) is 10.9 Å². The number of carbonyl (C=O) groups excluding carboxylic acids is 1. The zero-order valence-electron chi connectivity index (χ0n) is 22.2. The first-order valence-electron chi connectivity index (χ1n) is 13.6. The van der Waals surface area contributed by atoms with E-state index in [0.717, 1.165) is 50.0 Å². The Balaban J connectivity index is 1.32. The van der Waals surface area contributed by atoms with E-state index in [-0.39, 0.29) is 17.6 Å². The lowest BCUT2D eigenvalue weighted by Gasteiger charge is -2.40. The summed E-state index contributed by atoms with van der Waals surface area (Å²) in [4.78, 5) is 23.4. The number of alkyl halides is 3. The summed E-state index contributed by atoms with van der Waals surface area (Å²) < 4.78 is 53.7. The Labute approximate surface area is 230 Å². The summed E-state index contributed by atoms with van der Waals surface area (Å²) in [5.41, 5.74) is 4.30. The molecule has 39 heavy (non-hydrogen) atoms. The molecular formula is C27H36F4N6OS. The van der Waals surface area contributed by atoms with Crippen LogP contribution in [-0.2, 0) is 12.7 Å². The molecule has 2 aromatic rings. The summed E-state index contributed by atoms with van der Waals surface area (Å²) in [6.07, 6.45) is -0.350. The summed E-state index contributed by atoms with van der Waals surface area (Å²) in [5, 5.41) is 7.00. The van der Waals surface area contributed by atoms with Crippen molar-refractivity contribution in [1.29, 1.82) is 0 Å². The number of fused-ring (bicyclic) bond motifs is 1. The van der Waals surface area contributed by atoms with Crippen LogP contribution in [0.15, 0.2) is 24.4 Å². The minimum Gasteiger partial charge on any atom is -0.325 e. The minimum absolute atomic E-state index is 0.0228. The van der Waals surface area contributed by atoms with Gasteiger partial charge in [-0.05, 0) is 63.1 Å². The van der Waals surface area contributed by atoms with Gasteiger partial charge in [0, 0.05) is 73.5 Å². The summed E-state index contributed by atoms with van der Waals surface area (Å²) >= 11 is 1.62. The van der Waals surface area contributed by atoms with Gasteiger partial charge in [0.2, 0.25) is 0 Å². The number of carbonyl (C=O) groups is 1. The molecule has 3 saturated carbocycles. The number of urea groups is 1. The third kappa shape index (κ3) is 5.94. The molecule has 1 aliphatic heterocycles. The van der Waals surface area contributed by atoms with Crippen LogP contribution >= 0.6 is 11.3 Å². The lowest BCUT2D eigenvalue weighted by atomic mass is 9.71. The van der Waals surface area contributed by atoms with Crippen molar-refractivity contribution in [3.05, 3.63) is 45.7 Å². The van der Waals surface area contributed by atoms with Gasteiger partial charge in [-0.25, -0.2) is 14.2 Å². The van der Waals surface area contributed by atoms with Crippen molar-refractivity contribution in [1.82, 2.24) is 20.1 Å². The molecule has 6 atom stereocenters. The monoisotopic (exact) mass is 568 g/mol. The molecule has 2 bridgehead atoms. The maximum Gasteiger partial charge on any atom is 0.419 e. The van der Waals surface area contributed by atoms with Crippen LogP contribution in [0.3, 0.4) is 0 Å². The quantitative estimate of drug-likeness (QED) is 0.396. The first-order valence-corrected chi connectivity index (χ1v) is 14.4. The van der Waals surface area contributed by atoms with Crippen LogP contribution in [0.1, 0.15) is 54.5 Å². The lowest BCUT2D eigenvalue weighted by molar-refractivity contribution is -0.139. The molecule has 2 heterocycles. The van der Waals surface area contributed by atoms with Crippen LogP contribution in [-0.4, -0.2) is 65.1 Å². The molecule has 4 N–H and O–H groups in total. The van der Waals surface area contributed by atoms with E-state index in [2.05, 4.69) is 34.4 Å². The fourth-order valence-corrected chi connectivity index (χ4v) is 7.65. The number of aromatic nitrogens is 1. The number of rotatable bonds is 8. The third-order valence-electron chi connectivity index (χ3n) is 8.58. The zero-order chi connectivity index (χ0) is 27.9. The van der Waals surface area contributed by atoms with Crippen LogP contribution in [0.25, 0.3) is 0 Å². The summed E-state index contributed by atoms with van der Waals surface area (Å²) in [6, 6.07) is 2.89. The van der Waals surface area contributed by atoms with Gasteiger partial charge in [-0.15, -0.1) is 11.3 Å². The van der Waals surface area contributed by atoms with Gasteiger partial charge in [0.15, 0.2) is 0 Å². The molecule has 2 unspecified atom stereocenters. The number of halogens is 4. The Morgan fingerprint density at radius 2 is 2.10 bits per heavy atom. The summed E-state index contributed by atoms with van der Waals surface area (Å²) in [5.74, 6) is -0.334. The Kier molecular flexibility index (Phi) is 8.19. The summed E-state index contributed by atoms with van der Waals surface area (Å²) in [7, 11) is 0. The highest BCUT2D eigenvalue weighted by Crippen LogP contribution is 2.61. The predicted molar refractivity (Wildman–Crippen MR) is 143 cm³/mol. The van der Waals surface area contributed by atoms with Gasteiger partial charge in [0.25, 0.3) is 0 Å². The SMILES string of the molecule is C[C@@H]1CN(CCCN(C(=O)Nc2ccc(F)c(C(F)(F)F)c2)[C@@H]2CC3CC2[C@@H]3c2cnc(CN)s2)[C@@H](C)CN1. The van der Waals surface area contributed by atoms with Crippen molar-refractivity contribution < 1.29 is 22.4 Å². The van der Waals surface area contributed by atoms with E-state index in [0.29, 0.717) is 43.1 Å². The average Bonchev–Trinajstić information content (AvgIpc) is 3.60. The van der Waals surface area contributed by atoms with Gasteiger partial charge >= 0.3 is 12.2 Å². The Morgan fingerprint density at radius 1 is 1.31 bits per heavy atom. The molecule has 0 radical (unpaired) electrons. The van der Waals surface area contributed by atoms with Crippen LogP contribution in [0.5, 0.6) is 0 Å². The van der Waals surface area contributed by atoms with E-state index in [1.807, 2.05) is 11.1 Å². The lowest BCUT2D eigenvalue weighted by Crippen LogP contribution is -2.55. The Bertz CT molecular complexity index is 1180. The maximum absolute atomic E-state index is 13.8. The van der Waals surface area contributed by atoms with Gasteiger partial charge in [-0.2, -0.15) is 13.2 Å². The Morgan fingerprint density at radius 3 is 2.82 bits per heavy atom. The number of anilines is 1. The fraction of sp³-hybridized carbons (Fsp3) is 0.630. The van der Waals surface area contributed by atoms with Gasteiger partial charge in [0.1, 0.15) is 10.8 Å². The molecule has 6 rings (SSSR count). The molecule has 12 heteroatoms. The van der Waals surface area contributed by atoms with Crippen LogP contribution in [0, 0.1) is 17.7 Å². The highest BCUT2D eigenvalue weighted by molar-refractivity contribution is 7.11. The molecule has 4 fully saturated rings. The molecule has 1 aromatic carbocycles. The standard InChI is InChI=1S/C27H36F4N6OS/c1-15-14-36(16(2)12-33-15)6-3-7-37(26(38)35-18-4-5-21(28)20(10-18)27(29,30)31)22-9-17-8-19(22)25(17)23-13-34-24(11-32)39-23/h4-5,10,13,15-17,19,22,25,33H,3,6-9,11-12,14,32H2,1-2H3,(H,35,38)/t15-,16+,17?,19?,22-,25-/m1/s1. The second kappa shape index (κ2) is 11.3. The van der Waals surface area contributed by atoms with Crippen molar-refractivity contribution in [2.24, 2.45) is 17.6 Å². The molecule has 7 nitrogen and oxygen atoms in total. The third-order valence-corrected chi connectivity index (χ3v) is 9.70. The second-order valence-corrected chi connectivity index (χ2v) is 12.3. The van der Waals surface area contributed by atoms with Gasteiger partial charge < -0.3 is 21.3 Å². The zero-order valence-corrected chi connectivity index (χ0v) is 23.0. The number of piperazine rings is 1. The largest absolute Gasteiger partial charge is 0.419 e. The molecule has 1 saturated heterocycles. The molecule has 4 aliphatic rings. The van der Waals surface area contributed by atoms with E-state index in [1.54, 1.807) is 11.3 Å². The number of benzene rings is 1. The smallest absolute Gasteiger partial charge is 0.325 e. The normalized spacial score (nSPS) is 28.8. The van der Waals surface area contributed by atoms with Gasteiger partial charge in [-0.3, -0.25) is 4.90 Å². The average molecular weight is 569 g/mol. The van der Waals surface area contributed by atoms with Crippen molar-refractivity contribution in [3.8, 4) is 0 Å². The number of hydrogen-bond acceptors (Lipinski definition) is 6. The van der Waals surface area contributed by atoms with Crippen LogP contribution in [0.4, 0.5) is 28.0 Å². The number of nitrogens with two attached hydrogens (primary N) is 1. The van der Waals surface area contributed by atoms with Crippen LogP contribution < -0.4 is 16.4 Å². The number of thiazole rings is 1. The molecule has 3 aliphatic carbocycles. The maximum atomic E-state index is 13.8. The van der Waals surface area contributed by atoms with Gasteiger partial charge in [0.05, 0.1) is 5.56 Å². The first-order chi connectivity index (χ1) is 18.5. The number of nitrogens with zero attached hydrogens (tertiary/aromatic N) is 3. The van der Waals surface area contributed by atoms with Crippen molar-refractivity contribution in [2.75, 3.05) is 31.5 Å². The molecule has 2 amide bonds. The number of hydrogen-bond donors (Lipinski definition) is 3. The van der Waals surface area contributed by atoms with Gasteiger partial charge in [-0.1, -0.05) is 0 Å². The highest BCUT2D eigenvalue weighted by atomic mass is 32.1. The molecular weight excluding hydrogens is 532 g/mol. The van der Waals surface area contributed by atoms with E-state index in [9.17, 15) is 22.4 Å². The van der Waals surface area contributed by atoms with E-state index >= 15 is 0 Å². The second-order valence-electron chi connectivity index (χ2n) is 11.2. The van der Waals surface area contributed by atoms with Crippen molar-refractivity contribution >= 4 is 23.1 Å². The molecule has 214 valence electrons. The highest BCUT2D eigenvalue weighted by Gasteiger charge is 2.56. The first kappa shape index (κ1) is 28.3. The van der Waals surface area contributed by atoms with Crippen molar-refractivity contribution in [2.45, 2.75) is 69.9 Å². The molecule has 0 spiro atoms. The Hall–Kier alpha value is -2.28. The topological polar surface area (TPSA) is 86.5 Å². The summed E-state index contributed by atoms with van der Waals surface area (Å²) in [6.45, 7) is 7.87. The number of nitrogens with one attached hydrogen (secondary N) is 2. The van der Waals surface area contributed by atoms with E-state index in [4.69, 9.17) is 5.73 Å². The molecule has 1 aromatic heterocycles. The fourth-order valence-electron chi connectivity index (χ4n) is 6.58. The van der Waals surface area contributed by atoms with E-state index < -0.39 is 23.6 Å².